The zero-order valence-electron chi connectivity index (χ0n) is 16.9. The minimum Gasteiger partial charge on any atom is -0.341 e. The average molecular weight is 427 g/mol. The first-order valence-electron chi connectivity index (χ1n) is 10.7. The van der Waals surface area contributed by atoms with Crippen LogP contribution < -0.4 is 15.1 Å². The van der Waals surface area contributed by atoms with Gasteiger partial charge < -0.3 is 15.1 Å². The molecule has 158 valence electrons. The highest BCUT2D eigenvalue weighted by molar-refractivity contribution is 7.99. The van der Waals surface area contributed by atoms with E-state index in [-0.39, 0.29) is 17.6 Å². The summed E-state index contributed by atoms with van der Waals surface area (Å²) in [5.41, 5.74) is 1.45. The van der Waals surface area contributed by atoms with Crippen LogP contribution in [0.4, 0.5) is 17.3 Å². The van der Waals surface area contributed by atoms with Gasteiger partial charge >= 0.3 is 0 Å². The van der Waals surface area contributed by atoms with Crippen molar-refractivity contribution in [2.45, 2.75) is 49.7 Å². The Morgan fingerprint density at radius 2 is 1.90 bits per heavy atom. The van der Waals surface area contributed by atoms with Gasteiger partial charge in [0.1, 0.15) is 0 Å². The van der Waals surface area contributed by atoms with Gasteiger partial charge in [0.15, 0.2) is 5.16 Å². The van der Waals surface area contributed by atoms with Crippen molar-refractivity contribution in [2.24, 2.45) is 0 Å². The van der Waals surface area contributed by atoms with Crippen LogP contribution in [0.1, 0.15) is 44.6 Å². The third-order valence-corrected chi connectivity index (χ3v) is 6.77. The molecule has 2 aliphatic heterocycles. The third kappa shape index (κ3) is 3.90. The fourth-order valence-electron chi connectivity index (χ4n) is 4.19. The number of thioether (sulfide) groups is 1. The number of aromatic nitrogens is 3. The van der Waals surface area contributed by atoms with Gasteiger partial charge in [0, 0.05) is 32.1 Å². The van der Waals surface area contributed by atoms with E-state index in [0.29, 0.717) is 24.7 Å². The summed E-state index contributed by atoms with van der Waals surface area (Å²) in [7, 11) is 0. The summed E-state index contributed by atoms with van der Waals surface area (Å²) in [6.45, 7) is 2.76. The number of hydrogen-bond acceptors (Lipinski definition) is 6. The number of para-hydroxylation sites is 2. The van der Waals surface area contributed by atoms with E-state index in [9.17, 15) is 9.59 Å². The number of anilines is 3. The van der Waals surface area contributed by atoms with Crippen molar-refractivity contribution < 1.29 is 9.59 Å². The fourth-order valence-corrected chi connectivity index (χ4v) is 4.99. The molecule has 2 amide bonds. The highest BCUT2D eigenvalue weighted by atomic mass is 32.2. The monoisotopic (exact) mass is 426 g/mol. The molecule has 0 radical (unpaired) electrons. The number of carbonyl (C=O) groups is 2. The molecule has 0 unspecified atom stereocenters. The maximum Gasteiger partial charge on any atom is 0.234 e. The lowest BCUT2D eigenvalue weighted by Crippen LogP contribution is -2.26. The van der Waals surface area contributed by atoms with Crippen LogP contribution in [0.25, 0.3) is 0 Å². The van der Waals surface area contributed by atoms with Crippen molar-refractivity contribution in [3.63, 3.8) is 0 Å². The molecule has 2 aromatic rings. The number of benzene rings is 1. The van der Waals surface area contributed by atoms with Gasteiger partial charge in [-0.05, 0) is 44.2 Å². The van der Waals surface area contributed by atoms with E-state index >= 15 is 0 Å². The summed E-state index contributed by atoms with van der Waals surface area (Å²) in [6.07, 6.45) is 6.11. The number of hydrogen-bond donors (Lipinski definition) is 1. The third-order valence-electron chi connectivity index (χ3n) is 5.82. The summed E-state index contributed by atoms with van der Waals surface area (Å²) in [5, 5.41) is 12.6. The van der Waals surface area contributed by atoms with E-state index in [1.807, 2.05) is 24.3 Å². The van der Waals surface area contributed by atoms with Crippen LogP contribution in [0.15, 0.2) is 29.4 Å². The van der Waals surface area contributed by atoms with Crippen molar-refractivity contribution in [2.75, 3.05) is 40.5 Å². The molecule has 3 aliphatic rings. The summed E-state index contributed by atoms with van der Waals surface area (Å²) in [4.78, 5) is 28.9. The molecule has 0 atom stereocenters. The quantitative estimate of drug-likeness (QED) is 0.685. The van der Waals surface area contributed by atoms with Gasteiger partial charge in [0.05, 0.1) is 17.1 Å². The minimum atomic E-state index is -0.104. The number of rotatable bonds is 7. The van der Waals surface area contributed by atoms with Gasteiger partial charge in [0.25, 0.3) is 0 Å². The van der Waals surface area contributed by atoms with E-state index in [1.54, 1.807) is 4.90 Å². The molecule has 0 spiro atoms. The molecule has 0 bridgehead atoms. The van der Waals surface area contributed by atoms with E-state index in [4.69, 9.17) is 0 Å². The van der Waals surface area contributed by atoms with Crippen molar-refractivity contribution in [3.8, 4) is 0 Å². The molecule has 1 aromatic heterocycles. The Kier molecular flexibility index (Phi) is 5.37. The Morgan fingerprint density at radius 1 is 1.10 bits per heavy atom. The van der Waals surface area contributed by atoms with Gasteiger partial charge in [-0.15, -0.1) is 10.2 Å². The Morgan fingerprint density at radius 3 is 2.63 bits per heavy atom. The first-order chi connectivity index (χ1) is 14.7. The molecular weight excluding hydrogens is 400 g/mol. The normalized spacial score (nSPS) is 19.0. The van der Waals surface area contributed by atoms with Crippen LogP contribution in [0, 0.1) is 0 Å². The summed E-state index contributed by atoms with van der Waals surface area (Å²) in [5.74, 6) is 1.22. The molecule has 1 saturated carbocycles. The molecule has 3 heterocycles. The van der Waals surface area contributed by atoms with Gasteiger partial charge in [-0.1, -0.05) is 23.9 Å². The maximum atomic E-state index is 12.7. The molecule has 8 nitrogen and oxygen atoms in total. The Balaban J connectivity index is 1.26. The smallest absolute Gasteiger partial charge is 0.234 e. The Labute approximate surface area is 180 Å². The zero-order chi connectivity index (χ0) is 20.5. The lowest BCUT2D eigenvalue weighted by atomic mass is 10.2. The first kappa shape index (κ1) is 19.4. The van der Waals surface area contributed by atoms with Crippen LogP contribution >= 0.6 is 11.8 Å². The SMILES string of the molecule is O=C(CSc1nnc(N2CCCC2)n1C1CC1)Nc1ccccc1N1CCCC1=O. The predicted octanol–water partition coefficient (Wildman–Crippen LogP) is 3.07. The number of amides is 2. The van der Waals surface area contributed by atoms with Crippen LogP contribution in [-0.2, 0) is 9.59 Å². The Bertz CT molecular complexity index is 951. The maximum absolute atomic E-state index is 12.7. The fraction of sp³-hybridized carbons (Fsp3) is 0.524. The summed E-state index contributed by atoms with van der Waals surface area (Å²) < 4.78 is 2.22. The summed E-state index contributed by atoms with van der Waals surface area (Å²) >= 11 is 1.43. The van der Waals surface area contributed by atoms with Crippen molar-refractivity contribution in [1.29, 1.82) is 0 Å². The van der Waals surface area contributed by atoms with E-state index in [2.05, 4.69) is 25.0 Å². The highest BCUT2D eigenvalue weighted by Crippen LogP contribution is 2.41. The van der Waals surface area contributed by atoms with Crippen molar-refractivity contribution in [1.82, 2.24) is 14.8 Å². The second-order valence-corrected chi connectivity index (χ2v) is 9.02. The van der Waals surface area contributed by atoms with Gasteiger partial charge in [-0.3, -0.25) is 14.2 Å². The van der Waals surface area contributed by atoms with E-state index < -0.39 is 0 Å². The van der Waals surface area contributed by atoms with E-state index in [1.165, 1.54) is 24.6 Å². The molecule has 1 N–H and O–H groups in total. The first-order valence-corrected chi connectivity index (χ1v) is 11.7. The molecule has 30 heavy (non-hydrogen) atoms. The van der Waals surface area contributed by atoms with E-state index in [0.717, 1.165) is 49.1 Å². The molecular formula is C21H26N6O2S. The molecule has 9 heteroatoms. The van der Waals surface area contributed by atoms with Crippen LogP contribution in [0.5, 0.6) is 0 Å². The molecule has 5 rings (SSSR count). The largest absolute Gasteiger partial charge is 0.341 e. The second-order valence-electron chi connectivity index (χ2n) is 8.08. The van der Waals surface area contributed by atoms with Gasteiger partial charge in [0.2, 0.25) is 17.8 Å². The minimum absolute atomic E-state index is 0.104. The lowest BCUT2D eigenvalue weighted by molar-refractivity contribution is -0.117. The average Bonchev–Trinajstić information content (AvgIpc) is 3.13. The van der Waals surface area contributed by atoms with Crippen LogP contribution in [0.3, 0.4) is 0 Å². The van der Waals surface area contributed by atoms with Crippen LogP contribution in [-0.4, -0.2) is 52.0 Å². The highest BCUT2D eigenvalue weighted by Gasteiger charge is 2.32. The number of carbonyl (C=O) groups excluding carboxylic acids is 2. The van der Waals surface area contributed by atoms with Crippen molar-refractivity contribution in [3.05, 3.63) is 24.3 Å². The second kappa shape index (κ2) is 8.29. The zero-order valence-corrected chi connectivity index (χ0v) is 17.7. The lowest BCUT2D eigenvalue weighted by Gasteiger charge is -2.20. The molecule has 2 saturated heterocycles. The van der Waals surface area contributed by atoms with Gasteiger partial charge in [-0.2, -0.15) is 0 Å². The van der Waals surface area contributed by atoms with Crippen molar-refractivity contribution >= 4 is 40.9 Å². The van der Waals surface area contributed by atoms with Crippen LogP contribution in [0.2, 0.25) is 0 Å². The molecule has 1 aliphatic carbocycles. The molecule has 3 fully saturated rings. The standard InChI is InChI=1S/C21H26N6O2S/c28-18(22-16-6-1-2-7-17(16)26-13-5-8-19(26)29)14-30-21-24-23-20(25-11-3-4-12-25)27(21)15-9-10-15/h1-2,6-7,15H,3-5,8-14H2,(H,22,28). The molecule has 1 aromatic carbocycles. The van der Waals surface area contributed by atoms with Gasteiger partial charge in [-0.25, -0.2) is 0 Å². The summed E-state index contributed by atoms with van der Waals surface area (Å²) in [6, 6.07) is 7.96. The number of nitrogens with zero attached hydrogens (tertiary/aromatic N) is 5. The topological polar surface area (TPSA) is 83.4 Å². The number of nitrogens with one attached hydrogen (secondary N) is 1. The Hall–Kier alpha value is -2.55. The predicted molar refractivity (Wildman–Crippen MR) is 117 cm³/mol.